The average molecular weight is 347 g/mol. The van der Waals surface area contributed by atoms with Crippen molar-refractivity contribution in [2.45, 2.75) is 26.7 Å². The molecule has 0 atom stereocenters. The van der Waals surface area contributed by atoms with Crippen molar-refractivity contribution in [1.82, 2.24) is 0 Å². The monoisotopic (exact) mass is 346 g/mol. The number of para-hydroxylation sites is 1. The highest BCUT2D eigenvalue weighted by Crippen LogP contribution is 2.25. The number of nitrogen functional groups attached to an aromatic ring is 1. The Kier molecular flexibility index (Phi) is 5.02. The molecule has 1 amide bonds. The maximum atomic E-state index is 12.4. The van der Waals surface area contributed by atoms with Crippen LogP contribution in [0.2, 0.25) is 0 Å². The first-order valence-electron chi connectivity index (χ1n) is 7.04. The van der Waals surface area contributed by atoms with Gasteiger partial charge < -0.3 is 11.1 Å². The average Bonchev–Trinajstić information content (AvgIpc) is 2.50. The fourth-order valence-corrected chi connectivity index (χ4v) is 2.64. The molecule has 3 nitrogen and oxygen atoms in total. The first-order valence-corrected chi connectivity index (χ1v) is 7.83. The molecule has 0 radical (unpaired) electrons. The standard InChI is InChI=1S/C17H19BrN2O/c1-3-11-6-5-7-12(4-2)16(11)20-17(21)13-8-9-15(19)14(18)10-13/h5-10H,3-4,19H2,1-2H3,(H,20,21). The van der Waals surface area contributed by atoms with Crippen molar-refractivity contribution in [3.8, 4) is 0 Å². The molecule has 110 valence electrons. The lowest BCUT2D eigenvalue weighted by molar-refractivity contribution is 0.102. The van der Waals surface area contributed by atoms with Crippen LogP contribution in [0, 0.1) is 0 Å². The van der Waals surface area contributed by atoms with Crippen LogP contribution in [0.4, 0.5) is 11.4 Å². The number of anilines is 2. The summed E-state index contributed by atoms with van der Waals surface area (Å²) >= 11 is 3.35. The minimum absolute atomic E-state index is 0.119. The molecular weight excluding hydrogens is 328 g/mol. The lowest BCUT2D eigenvalue weighted by Gasteiger charge is -2.14. The Morgan fingerprint density at radius 2 is 1.76 bits per heavy atom. The van der Waals surface area contributed by atoms with Gasteiger partial charge in [-0.3, -0.25) is 4.79 Å². The van der Waals surface area contributed by atoms with Gasteiger partial charge in [-0.1, -0.05) is 32.0 Å². The number of nitrogens with one attached hydrogen (secondary N) is 1. The fourth-order valence-electron chi connectivity index (χ4n) is 2.26. The summed E-state index contributed by atoms with van der Waals surface area (Å²) in [5.74, 6) is -0.119. The summed E-state index contributed by atoms with van der Waals surface area (Å²) in [5.41, 5.74) is 10.2. The van der Waals surface area contributed by atoms with Gasteiger partial charge in [-0.15, -0.1) is 0 Å². The summed E-state index contributed by atoms with van der Waals surface area (Å²) in [6.45, 7) is 4.18. The van der Waals surface area contributed by atoms with Crippen LogP contribution >= 0.6 is 15.9 Å². The van der Waals surface area contributed by atoms with E-state index in [1.54, 1.807) is 18.2 Å². The number of benzene rings is 2. The molecule has 0 aromatic heterocycles. The molecule has 0 heterocycles. The predicted molar refractivity (Wildman–Crippen MR) is 91.7 cm³/mol. The van der Waals surface area contributed by atoms with Crippen molar-refractivity contribution in [1.29, 1.82) is 0 Å². The number of carbonyl (C=O) groups is 1. The van der Waals surface area contributed by atoms with Crippen LogP contribution < -0.4 is 11.1 Å². The molecule has 0 bridgehead atoms. The number of aryl methyl sites for hydroxylation is 2. The van der Waals surface area contributed by atoms with E-state index in [-0.39, 0.29) is 5.91 Å². The molecule has 21 heavy (non-hydrogen) atoms. The molecule has 0 saturated heterocycles. The molecule has 0 unspecified atom stereocenters. The third-order valence-electron chi connectivity index (χ3n) is 3.50. The third kappa shape index (κ3) is 3.45. The zero-order valence-electron chi connectivity index (χ0n) is 12.2. The smallest absolute Gasteiger partial charge is 0.255 e. The Bertz CT molecular complexity index is 646. The summed E-state index contributed by atoms with van der Waals surface area (Å²) in [7, 11) is 0. The lowest BCUT2D eigenvalue weighted by Crippen LogP contribution is -2.15. The first-order chi connectivity index (χ1) is 10.1. The van der Waals surface area contributed by atoms with E-state index in [9.17, 15) is 4.79 Å². The lowest BCUT2D eigenvalue weighted by atomic mass is 10.0. The van der Waals surface area contributed by atoms with E-state index in [0.717, 1.165) is 34.1 Å². The zero-order chi connectivity index (χ0) is 15.4. The van der Waals surface area contributed by atoms with E-state index in [1.807, 2.05) is 18.2 Å². The molecule has 0 spiro atoms. The molecule has 2 rings (SSSR count). The maximum absolute atomic E-state index is 12.4. The number of carbonyl (C=O) groups excluding carboxylic acids is 1. The molecule has 0 aliphatic carbocycles. The van der Waals surface area contributed by atoms with Crippen LogP contribution in [0.1, 0.15) is 35.3 Å². The van der Waals surface area contributed by atoms with Crippen molar-refractivity contribution in [3.05, 3.63) is 57.6 Å². The van der Waals surface area contributed by atoms with E-state index in [0.29, 0.717) is 11.3 Å². The predicted octanol–water partition coefficient (Wildman–Crippen LogP) is 4.41. The molecule has 0 aliphatic heterocycles. The van der Waals surface area contributed by atoms with E-state index in [1.165, 1.54) is 0 Å². The Balaban J connectivity index is 2.33. The topological polar surface area (TPSA) is 55.1 Å². The normalized spacial score (nSPS) is 10.4. The number of halogens is 1. The summed E-state index contributed by atoms with van der Waals surface area (Å²) in [5, 5.41) is 3.04. The van der Waals surface area contributed by atoms with Crippen molar-refractivity contribution in [3.63, 3.8) is 0 Å². The van der Waals surface area contributed by atoms with E-state index >= 15 is 0 Å². The first kappa shape index (κ1) is 15.6. The SMILES string of the molecule is CCc1cccc(CC)c1NC(=O)c1ccc(N)c(Br)c1. The Hall–Kier alpha value is -1.81. The number of hydrogen-bond donors (Lipinski definition) is 2. The van der Waals surface area contributed by atoms with Gasteiger partial charge in [0.25, 0.3) is 5.91 Å². The summed E-state index contributed by atoms with van der Waals surface area (Å²) in [6, 6.07) is 11.3. The number of nitrogens with two attached hydrogens (primary N) is 1. The van der Waals surface area contributed by atoms with Gasteiger partial charge in [-0.2, -0.15) is 0 Å². The number of amides is 1. The van der Waals surface area contributed by atoms with Crippen LogP contribution in [0.5, 0.6) is 0 Å². The number of rotatable bonds is 4. The Labute approximate surface area is 133 Å². The maximum Gasteiger partial charge on any atom is 0.255 e. The van der Waals surface area contributed by atoms with Crippen molar-refractivity contribution >= 4 is 33.2 Å². The molecule has 2 aromatic rings. The molecule has 0 fully saturated rings. The van der Waals surface area contributed by atoms with E-state index < -0.39 is 0 Å². The van der Waals surface area contributed by atoms with Crippen molar-refractivity contribution in [2.24, 2.45) is 0 Å². The molecule has 3 N–H and O–H groups in total. The molecule has 4 heteroatoms. The van der Waals surface area contributed by atoms with Crippen LogP contribution in [0.25, 0.3) is 0 Å². The highest BCUT2D eigenvalue weighted by atomic mass is 79.9. The number of hydrogen-bond acceptors (Lipinski definition) is 2. The second-order valence-electron chi connectivity index (χ2n) is 4.85. The molecule has 2 aromatic carbocycles. The van der Waals surface area contributed by atoms with Gasteiger partial charge in [0.05, 0.1) is 0 Å². The largest absolute Gasteiger partial charge is 0.398 e. The Morgan fingerprint density at radius 1 is 1.14 bits per heavy atom. The Morgan fingerprint density at radius 3 is 2.29 bits per heavy atom. The summed E-state index contributed by atoms with van der Waals surface area (Å²) in [4.78, 5) is 12.4. The van der Waals surface area contributed by atoms with Crippen LogP contribution in [0.15, 0.2) is 40.9 Å². The van der Waals surface area contributed by atoms with Crippen molar-refractivity contribution < 1.29 is 4.79 Å². The minimum Gasteiger partial charge on any atom is -0.398 e. The summed E-state index contributed by atoms with van der Waals surface area (Å²) < 4.78 is 0.731. The van der Waals surface area contributed by atoms with Crippen LogP contribution in [0.3, 0.4) is 0 Å². The zero-order valence-corrected chi connectivity index (χ0v) is 13.8. The van der Waals surface area contributed by atoms with Crippen LogP contribution in [-0.4, -0.2) is 5.91 Å². The van der Waals surface area contributed by atoms with Gasteiger partial charge in [-0.05, 0) is 58.1 Å². The van der Waals surface area contributed by atoms with E-state index in [2.05, 4.69) is 35.1 Å². The highest BCUT2D eigenvalue weighted by Gasteiger charge is 2.12. The van der Waals surface area contributed by atoms with Gasteiger partial charge in [0.1, 0.15) is 0 Å². The second kappa shape index (κ2) is 6.76. The second-order valence-corrected chi connectivity index (χ2v) is 5.70. The van der Waals surface area contributed by atoms with Gasteiger partial charge in [0.15, 0.2) is 0 Å². The molecule has 0 saturated carbocycles. The minimum atomic E-state index is -0.119. The molecular formula is C17H19BrN2O. The van der Waals surface area contributed by atoms with Gasteiger partial charge in [-0.25, -0.2) is 0 Å². The van der Waals surface area contributed by atoms with Gasteiger partial charge >= 0.3 is 0 Å². The fraction of sp³-hybridized carbons (Fsp3) is 0.235. The van der Waals surface area contributed by atoms with Gasteiger partial charge in [0.2, 0.25) is 0 Å². The summed E-state index contributed by atoms with van der Waals surface area (Å²) in [6.07, 6.45) is 1.77. The molecule has 0 aliphatic rings. The van der Waals surface area contributed by atoms with Crippen molar-refractivity contribution in [2.75, 3.05) is 11.1 Å². The third-order valence-corrected chi connectivity index (χ3v) is 4.19. The highest BCUT2D eigenvalue weighted by molar-refractivity contribution is 9.10. The van der Waals surface area contributed by atoms with E-state index in [4.69, 9.17) is 5.73 Å². The van der Waals surface area contributed by atoms with Gasteiger partial charge in [0, 0.05) is 21.4 Å². The quantitative estimate of drug-likeness (QED) is 0.805. The van der Waals surface area contributed by atoms with Crippen LogP contribution in [-0.2, 0) is 12.8 Å².